The third kappa shape index (κ3) is 7.53. The van der Waals surface area contributed by atoms with Gasteiger partial charge in [0.15, 0.2) is 22.5 Å². The van der Waals surface area contributed by atoms with E-state index in [4.69, 9.17) is 24.3 Å². The van der Waals surface area contributed by atoms with E-state index in [0.29, 0.717) is 0 Å². The maximum Gasteiger partial charge on any atom is 0.405 e. The van der Waals surface area contributed by atoms with Gasteiger partial charge in [-0.1, -0.05) is 42.1 Å². The summed E-state index contributed by atoms with van der Waals surface area (Å²) in [4.78, 5) is 24.7. The van der Waals surface area contributed by atoms with Gasteiger partial charge in [-0.15, -0.1) is 0 Å². The van der Waals surface area contributed by atoms with Crippen molar-refractivity contribution < 1.29 is 43.2 Å². The number of imidazole rings is 1. The summed E-state index contributed by atoms with van der Waals surface area (Å²) in [6.45, 7) is 3.91. The lowest BCUT2D eigenvalue weighted by molar-refractivity contribution is -0.119. The maximum absolute atomic E-state index is 13.8. The molecule has 15 nitrogen and oxygen atoms in total. The van der Waals surface area contributed by atoms with E-state index in [2.05, 4.69) is 20.0 Å². The minimum absolute atomic E-state index is 0.0912. The topological polar surface area (TPSA) is 213 Å². The smallest absolute Gasteiger partial charge is 0.405 e. The van der Waals surface area contributed by atoms with Crippen LogP contribution in [-0.4, -0.2) is 90.4 Å². The van der Waals surface area contributed by atoms with E-state index in [1.54, 1.807) is 13.8 Å². The molecule has 0 saturated carbocycles. The van der Waals surface area contributed by atoms with E-state index in [1.807, 2.05) is 30.3 Å². The standard InChI is InChI=1S/C26H37N6O9PS/c1-25(2,14-33)23(35)43-11-10-39-42(37,29-12-16-8-6-5-7-9-16)40-13-17-19(34)26(3,36)22(41-17)32-15-28-18-20(32)30-24(27)31-21(18)38-4/h5-9,15,17,19,22,33-34,36H,10-14H2,1-4H3,(H,29,37)(H2,27,30,31)/t17-,19?,22-,26?,42?/m1/s1. The number of nitrogens with zero attached hydrogens (tertiary/aromatic N) is 4. The second-order valence-electron chi connectivity index (χ2n) is 10.7. The lowest BCUT2D eigenvalue weighted by atomic mass is 9.96. The van der Waals surface area contributed by atoms with Crippen molar-refractivity contribution in [1.82, 2.24) is 24.6 Å². The van der Waals surface area contributed by atoms with Crippen LogP contribution in [0.5, 0.6) is 5.88 Å². The molecule has 1 aliphatic rings. The Labute approximate surface area is 252 Å². The Bertz CT molecular complexity index is 1460. The van der Waals surface area contributed by atoms with E-state index in [-0.39, 0.29) is 53.6 Å². The first kappa shape index (κ1) is 33.2. The summed E-state index contributed by atoms with van der Waals surface area (Å²) < 4.78 is 37.7. The molecule has 2 aromatic heterocycles. The molecular weight excluding hydrogens is 603 g/mol. The zero-order valence-electron chi connectivity index (χ0n) is 24.2. The summed E-state index contributed by atoms with van der Waals surface area (Å²) >= 11 is 0.947. The first-order valence-electron chi connectivity index (χ1n) is 13.4. The molecule has 0 spiro atoms. The van der Waals surface area contributed by atoms with Crippen LogP contribution in [0.25, 0.3) is 11.2 Å². The van der Waals surface area contributed by atoms with Gasteiger partial charge in [0, 0.05) is 12.3 Å². The van der Waals surface area contributed by atoms with E-state index in [9.17, 15) is 24.7 Å². The Morgan fingerprint density at radius 2 is 2.00 bits per heavy atom. The van der Waals surface area contributed by atoms with Crippen LogP contribution in [0, 0.1) is 5.41 Å². The second kappa shape index (κ2) is 13.5. The molecule has 236 valence electrons. The monoisotopic (exact) mass is 640 g/mol. The van der Waals surface area contributed by atoms with Crippen molar-refractivity contribution in [3.05, 3.63) is 42.2 Å². The number of hydrogen-bond donors (Lipinski definition) is 5. The Morgan fingerprint density at radius 1 is 1.28 bits per heavy atom. The summed E-state index contributed by atoms with van der Waals surface area (Å²) in [5.41, 5.74) is 4.32. The first-order valence-corrected chi connectivity index (χ1v) is 15.9. The van der Waals surface area contributed by atoms with Gasteiger partial charge in [-0.2, -0.15) is 9.97 Å². The molecule has 3 aromatic rings. The molecule has 1 saturated heterocycles. The van der Waals surface area contributed by atoms with Gasteiger partial charge < -0.3 is 30.5 Å². The highest BCUT2D eigenvalue weighted by atomic mass is 32.2. The highest BCUT2D eigenvalue weighted by molar-refractivity contribution is 8.13. The van der Waals surface area contributed by atoms with Crippen LogP contribution in [-0.2, 0) is 29.7 Å². The van der Waals surface area contributed by atoms with Crippen LogP contribution in [0.3, 0.4) is 0 Å². The number of methoxy groups -OCH3 is 1. The number of nitrogens with one attached hydrogen (secondary N) is 1. The number of aliphatic hydroxyl groups is 3. The molecule has 43 heavy (non-hydrogen) atoms. The second-order valence-corrected chi connectivity index (χ2v) is 13.6. The Balaban J connectivity index is 1.47. The SMILES string of the molecule is COc1nc(N)nc2c1ncn2[C@@H]1O[C@H](COP(=O)(NCc2ccccc2)OCCSC(=O)C(C)(C)CO)C(O)C1(C)O. The van der Waals surface area contributed by atoms with Crippen LogP contribution in [0.15, 0.2) is 36.7 Å². The molecule has 5 atom stereocenters. The summed E-state index contributed by atoms with van der Waals surface area (Å²) in [5, 5.41) is 34.2. The first-order chi connectivity index (χ1) is 20.3. The number of aromatic nitrogens is 4. The number of benzene rings is 1. The van der Waals surface area contributed by atoms with Gasteiger partial charge in [0.05, 0.1) is 38.7 Å². The lowest BCUT2D eigenvalue weighted by Gasteiger charge is -2.27. The maximum atomic E-state index is 13.8. The van der Waals surface area contributed by atoms with Crippen molar-refractivity contribution in [2.24, 2.45) is 5.41 Å². The molecule has 1 fully saturated rings. The highest BCUT2D eigenvalue weighted by Gasteiger charge is 2.54. The lowest BCUT2D eigenvalue weighted by Crippen LogP contribution is -2.44. The van der Waals surface area contributed by atoms with Gasteiger partial charge in [0.25, 0.3) is 0 Å². The normalized spacial score (nSPS) is 23.8. The molecule has 0 amide bonds. The number of anilines is 1. The molecule has 3 heterocycles. The largest absolute Gasteiger partial charge is 0.479 e. The van der Waals surface area contributed by atoms with Gasteiger partial charge >= 0.3 is 7.75 Å². The number of carbonyl (C=O) groups excluding carboxylic acids is 1. The van der Waals surface area contributed by atoms with Gasteiger partial charge in [-0.05, 0) is 26.3 Å². The quantitative estimate of drug-likeness (QED) is 0.125. The zero-order chi connectivity index (χ0) is 31.4. The summed E-state index contributed by atoms with van der Waals surface area (Å²) in [5.74, 6) is 0.192. The van der Waals surface area contributed by atoms with Crippen LogP contribution in [0.4, 0.5) is 5.95 Å². The third-order valence-corrected chi connectivity index (χ3v) is 9.60. The van der Waals surface area contributed by atoms with Crippen LogP contribution in [0.1, 0.15) is 32.6 Å². The van der Waals surface area contributed by atoms with E-state index in [0.717, 1.165) is 17.3 Å². The van der Waals surface area contributed by atoms with Gasteiger partial charge in [0.1, 0.15) is 17.8 Å². The number of nitrogens with two attached hydrogens (primary N) is 1. The Kier molecular flexibility index (Phi) is 10.5. The van der Waals surface area contributed by atoms with Crippen molar-refractivity contribution >= 4 is 41.7 Å². The molecule has 3 unspecified atom stereocenters. The van der Waals surface area contributed by atoms with Crippen molar-refractivity contribution in [1.29, 1.82) is 0 Å². The molecule has 0 bridgehead atoms. The van der Waals surface area contributed by atoms with Crippen molar-refractivity contribution in [2.75, 3.05) is 38.4 Å². The third-order valence-electron chi connectivity index (χ3n) is 6.86. The van der Waals surface area contributed by atoms with Crippen molar-refractivity contribution in [3.63, 3.8) is 0 Å². The predicted molar refractivity (Wildman–Crippen MR) is 158 cm³/mol. The van der Waals surface area contributed by atoms with E-state index < -0.39 is 43.8 Å². The van der Waals surface area contributed by atoms with Crippen molar-refractivity contribution in [3.8, 4) is 5.88 Å². The number of fused-ring (bicyclic) bond motifs is 1. The molecule has 0 aliphatic carbocycles. The average molecular weight is 641 g/mol. The molecule has 6 N–H and O–H groups in total. The molecule has 1 aromatic carbocycles. The molecule has 1 aliphatic heterocycles. The number of nitrogen functional groups attached to an aromatic ring is 1. The fourth-order valence-corrected chi connectivity index (χ4v) is 6.47. The molecule has 0 radical (unpaired) electrons. The van der Waals surface area contributed by atoms with Crippen LogP contribution >= 0.6 is 19.5 Å². The van der Waals surface area contributed by atoms with Crippen molar-refractivity contribution in [2.45, 2.75) is 51.4 Å². The fraction of sp³-hybridized carbons (Fsp3) is 0.538. The Hall–Kier alpha value is -2.66. The van der Waals surface area contributed by atoms with Crippen LogP contribution in [0.2, 0.25) is 0 Å². The highest BCUT2D eigenvalue weighted by Crippen LogP contribution is 2.47. The number of aliphatic hydroxyl groups excluding tert-OH is 2. The van der Waals surface area contributed by atoms with Gasteiger partial charge in [0.2, 0.25) is 11.8 Å². The number of thioether (sulfide) groups is 1. The average Bonchev–Trinajstić information content (AvgIpc) is 3.50. The zero-order valence-corrected chi connectivity index (χ0v) is 26.0. The molecule has 4 rings (SSSR count). The number of carbonyl (C=O) groups is 1. The number of rotatable bonds is 14. The summed E-state index contributed by atoms with van der Waals surface area (Å²) in [6.07, 6.45) is -2.46. The summed E-state index contributed by atoms with van der Waals surface area (Å²) in [7, 11) is -2.62. The number of ether oxygens (including phenoxy) is 2. The van der Waals surface area contributed by atoms with Gasteiger partial charge in [-0.25, -0.2) is 14.6 Å². The minimum atomic E-state index is -4.02. The van der Waals surface area contributed by atoms with Gasteiger partial charge in [-0.3, -0.25) is 18.4 Å². The fourth-order valence-electron chi connectivity index (χ4n) is 4.23. The predicted octanol–water partition coefficient (Wildman–Crippen LogP) is 1.64. The minimum Gasteiger partial charge on any atom is -0.479 e. The van der Waals surface area contributed by atoms with E-state index >= 15 is 0 Å². The molecule has 17 heteroatoms. The Morgan fingerprint density at radius 3 is 2.67 bits per heavy atom. The summed E-state index contributed by atoms with van der Waals surface area (Å²) in [6, 6.07) is 9.16. The van der Waals surface area contributed by atoms with Crippen LogP contribution < -0.4 is 15.6 Å². The van der Waals surface area contributed by atoms with E-state index in [1.165, 1.54) is 24.9 Å². The molecular formula is C26H37N6O9PS. The number of hydrogen-bond acceptors (Lipinski definition) is 14.